The minimum Gasteiger partial charge on any atom is -0.381 e. The smallest absolute Gasteiger partial charge is 0.0702 e. The average Bonchev–Trinajstić information content (AvgIpc) is 2.40. The van der Waals surface area contributed by atoms with Crippen molar-refractivity contribution < 1.29 is 9.47 Å². The molecule has 0 radical (unpaired) electrons. The molecule has 2 aliphatic rings. The van der Waals surface area contributed by atoms with Gasteiger partial charge in [-0.15, -0.1) is 0 Å². The van der Waals surface area contributed by atoms with E-state index in [0.717, 1.165) is 45.9 Å². The second kappa shape index (κ2) is 6.33. The summed E-state index contributed by atoms with van der Waals surface area (Å²) in [6, 6.07) is 0. The van der Waals surface area contributed by atoms with Crippen LogP contribution in [0.15, 0.2) is 0 Å². The van der Waals surface area contributed by atoms with Gasteiger partial charge in [0.1, 0.15) is 0 Å². The van der Waals surface area contributed by atoms with Crippen molar-refractivity contribution in [2.75, 3.05) is 39.5 Å². The van der Waals surface area contributed by atoms with Gasteiger partial charge in [0.25, 0.3) is 0 Å². The van der Waals surface area contributed by atoms with Crippen LogP contribution in [0.1, 0.15) is 33.1 Å². The average molecular weight is 256 g/mol. The number of hydrogen-bond acceptors (Lipinski definition) is 4. The maximum absolute atomic E-state index is 6.14. The fraction of sp³-hybridized carbons (Fsp3) is 1.00. The third kappa shape index (κ3) is 2.72. The lowest BCUT2D eigenvalue weighted by atomic mass is 9.78. The van der Waals surface area contributed by atoms with Crippen LogP contribution in [-0.2, 0) is 9.47 Å². The molecule has 0 aromatic rings. The van der Waals surface area contributed by atoms with Crippen molar-refractivity contribution in [2.24, 2.45) is 11.7 Å². The Bertz CT molecular complexity index is 260. The van der Waals surface area contributed by atoms with E-state index in [-0.39, 0.29) is 5.54 Å². The minimum atomic E-state index is 0.133. The largest absolute Gasteiger partial charge is 0.381 e. The van der Waals surface area contributed by atoms with Gasteiger partial charge in [0.05, 0.1) is 12.7 Å². The summed E-state index contributed by atoms with van der Waals surface area (Å²) < 4.78 is 11.4. The second-order valence-corrected chi connectivity index (χ2v) is 5.70. The molecule has 0 spiro atoms. The summed E-state index contributed by atoms with van der Waals surface area (Å²) in [6.07, 6.45) is 3.86. The van der Waals surface area contributed by atoms with Crippen LogP contribution < -0.4 is 5.73 Å². The van der Waals surface area contributed by atoms with Crippen molar-refractivity contribution in [3.63, 3.8) is 0 Å². The van der Waals surface area contributed by atoms with E-state index >= 15 is 0 Å². The molecule has 2 rings (SSSR count). The Morgan fingerprint density at radius 2 is 2.33 bits per heavy atom. The van der Waals surface area contributed by atoms with Crippen LogP contribution in [0, 0.1) is 5.92 Å². The van der Waals surface area contributed by atoms with Gasteiger partial charge in [-0.3, -0.25) is 4.90 Å². The van der Waals surface area contributed by atoms with Gasteiger partial charge >= 0.3 is 0 Å². The van der Waals surface area contributed by atoms with Crippen LogP contribution in [-0.4, -0.2) is 56.0 Å². The first-order valence-corrected chi connectivity index (χ1v) is 7.37. The summed E-state index contributed by atoms with van der Waals surface area (Å²) in [5.41, 5.74) is 6.27. The zero-order valence-corrected chi connectivity index (χ0v) is 11.9. The number of nitrogens with zero attached hydrogens (tertiary/aromatic N) is 1. The summed E-state index contributed by atoms with van der Waals surface area (Å²) in [5.74, 6) is 0.511. The highest BCUT2D eigenvalue weighted by atomic mass is 16.5. The second-order valence-electron chi connectivity index (χ2n) is 5.70. The van der Waals surface area contributed by atoms with Crippen molar-refractivity contribution in [3.8, 4) is 0 Å². The highest BCUT2D eigenvalue weighted by Crippen LogP contribution is 2.34. The van der Waals surface area contributed by atoms with E-state index in [0.29, 0.717) is 12.0 Å². The number of nitrogens with two attached hydrogens (primary N) is 1. The Morgan fingerprint density at radius 3 is 3.00 bits per heavy atom. The van der Waals surface area contributed by atoms with Crippen LogP contribution in [0.25, 0.3) is 0 Å². The molecule has 0 bridgehead atoms. The number of ether oxygens (including phenoxy) is 2. The highest BCUT2D eigenvalue weighted by molar-refractivity contribution is 4.99. The first kappa shape index (κ1) is 14.3. The number of likely N-dealkylation sites (tertiary alicyclic amines) is 1. The third-order valence-electron chi connectivity index (χ3n) is 4.73. The topological polar surface area (TPSA) is 47.7 Å². The predicted molar refractivity (Wildman–Crippen MR) is 72.6 cm³/mol. The molecule has 2 fully saturated rings. The molecule has 0 aliphatic carbocycles. The molecule has 0 aromatic heterocycles. The molecule has 3 unspecified atom stereocenters. The van der Waals surface area contributed by atoms with Crippen LogP contribution in [0.4, 0.5) is 0 Å². The van der Waals surface area contributed by atoms with Crippen molar-refractivity contribution in [1.82, 2.24) is 4.90 Å². The van der Waals surface area contributed by atoms with Crippen LogP contribution in [0.3, 0.4) is 0 Å². The van der Waals surface area contributed by atoms with Crippen LogP contribution in [0.2, 0.25) is 0 Å². The van der Waals surface area contributed by atoms with Gasteiger partial charge in [-0.2, -0.15) is 0 Å². The molecule has 2 saturated heterocycles. The number of rotatable bonds is 4. The summed E-state index contributed by atoms with van der Waals surface area (Å²) in [5, 5.41) is 0. The SMILES string of the molecule is CCOC1CCCN(C2(CN)CCOCC2C)C1. The highest BCUT2D eigenvalue weighted by Gasteiger charge is 2.44. The monoisotopic (exact) mass is 256 g/mol. The molecule has 18 heavy (non-hydrogen) atoms. The van der Waals surface area contributed by atoms with Crippen LogP contribution >= 0.6 is 0 Å². The zero-order chi connectivity index (χ0) is 13.0. The van der Waals surface area contributed by atoms with Crippen molar-refractivity contribution in [1.29, 1.82) is 0 Å². The summed E-state index contributed by atoms with van der Waals surface area (Å²) in [7, 11) is 0. The first-order chi connectivity index (χ1) is 8.73. The predicted octanol–water partition coefficient (Wildman–Crippen LogP) is 1.24. The van der Waals surface area contributed by atoms with Gasteiger partial charge in [0, 0.05) is 31.8 Å². The molecule has 106 valence electrons. The van der Waals surface area contributed by atoms with Crippen molar-refractivity contribution in [2.45, 2.75) is 44.8 Å². The van der Waals surface area contributed by atoms with Gasteiger partial charge < -0.3 is 15.2 Å². The van der Waals surface area contributed by atoms with E-state index in [9.17, 15) is 0 Å². The molecule has 0 amide bonds. The normalized spacial score (nSPS) is 38.8. The van der Waals surface area contributed by atoms with E-state index in [1.807, 2.05) is 0 Å². The molecular weight excluding hydrogens is 228 g/mol. The van der Waals surface area contributed by atoms with Crippen molar-refractivity contribution >= 4 is 0 Å². The third-order valence-corrected chi connectivity index (χ3v) is 4.73. The van der Waals surface area contributed by atoms with E-state index < -0.39 is 0 Å². The molecule has 2 N–H and O–H groups in total. The van der Waals surface area contributed by atoms with E-state index in [4.69, 9.17) is 15.2 Å². The Morgan fingerprint density at radius 1 is 1.50 bits per heavy atom. The zero-order valence-electron chi connectivity index (χ0n) is 11.9. The van der Waals surface area contributed by atoms with Crippen LogP contribution in [0.5, 0.6) is 0 Å². The van der Waals surface area contributed by atoms with Gasteiger partial charge in [-0.25, -0.2) is 0 Å². The summed E-state index contributed by atoms with van der Waals surface area (Å²) in [6.45, 7) is 9.78. The molecule has 3 atom stereocenters. The van der Waals surface area contributed by atoms with Gasteiger partial charge in [-0.1, -0.05) is 6.92 Å². The maximum Gasteiger partial charge on any atom is 0.0702 e. The fourth-order valence-electron chi connectivity index (χ4n) is 3.53. The van der Waals surface area contributed by atoms with Gasteiger partial charge in [0.15, 0.2) is 0 Å². The molecular formula is C14H28N2O2. The van der Waals surface area contributed by atoms with Crippen molar-refractivity contribution in [3.05, 3.63) is 0 Å². The lowest BCUT2D eigenvalue weighted by Gasteiger charge is -2.52. The fourth-order valence-corrected chi connectivity index (χ4v) is 3.53. The first-order valence-electron chi connectivity index (χ1n) is 7.37. The standard InChI is InChI=1S/C14H28N2O2/c1-3-18-13-5-4-7-16(9-13)14(11-15)6-8-17-10-12(14)2/h12-13H,3-11,15H2,1-2H3. The molecule has 2 aliphatic heterocycles. The molecule has 0 aromatic carbocycles. The minimum absolute atomic E-state index is 0.133. The lowest BCUT2D eigenvalue weighted by molar-refractivity contribution is -0.0983. The van der Waals surface area contributed by atoms with E-state index in [1.54, 1.807) is 0 Å². The quantitative estimate of drug-likeness (QED) is 0.822. The molecule has 4 heteroatoms. The summed E-state index contributed by atoms with van der Waals surface area (Å²) >= 11 is 0. The Hall–Kier alpha value is -0.160. The lowest BCUT2D eigenvalue weighted by Crippen LogP contribution is -2.64. The Kier molecular flexibility index (Phi) is 5.01. The molecule has 2 heterocycles. The summed E-state index contributed by atoms with van der Waals surface area (Å²) in [4.78, 5) is 2.59. The number of piperidine rings is 1. The molecule has 4 nitrogen and oxygen atoms in total. The van der Waals surface area contributed by atoms with Gasteiger partial charge in [-0.05, 0) is 38.6 Å². The Labute approximate surface area is 111 Å². The number of hydrogen-bond donors (Lipinski definition) is 1. The molecule has 0 saturated carbocycles. The van der Waals surface area contributed by atoms with E-state index in [2.05, 4.69) is 18.7 Å². The van der Waals surface area contributed by atoms with Gasteiger partial charge in [0.2, 0.25) is 0 Å². The van der Waals surface area contributed by atoms with E-state index in [1.165, 1.54) is 12.8 Å². The Balaban J connectivity index is 2.06. The maximum atomic E-state index is 6.14.